The van der Waals surface area contributed by atoms with Gasteiger partial charge in [0.1, 0.15) is 11.6 Å². The summed E-state index contributed by atoms with van der Waals surface area (Å²) in [6.07, 6.45) is 15.2. The summed E-state index contributed by atoms with van der Waals surface area (Å²) < 4.78 is 15.0. The average molecular weight is 739 g/mol. The first-order valence-electron chi connectivity index (χ1n) is 21.0. The molecule has 8 nitrogen and oxygen atoms in total. The summed E-state index contributed by atoms with van der Waals surface area (Å²) in [5.74, 6) is 2.29. The highest BCUT2D eigenvalue weighted by Crippen LogP contribution is 2.68. The summed E-state index contributed by atoms with van der Waals surface area (Å²) in [6.45, 7) is 8.61. The van der Waals surface area contributed by atoms with E-state index in [9.17, 15) is 23.9 Å². The van der Waals surface area contributed by atoms with Crippen LogP contribution in [0.4, 0.5) is 4.39 Å². The number of ketones is 1. The molecule has 3 aromatic rings. The molecule has 2 aromatic carbocycles. The van der Waals surface area contributed by atoms with Crippen molar-refractivity contribution >= 4 is 22.5 Å². The lowest BCUT2D eigenvalue weighted by atomic mass is 9.44. The zero-order valence-corrected chi connectivity index (χ0v) is 32.4. The van der Waals surface area contributed by atoms with E-state index < -0.39 is 11.4 Å². The van der Waals surface area contributed by atoms with Crippen LogP contribution in [0.2, 0.25) is 0 Å². The highest BCUT2D eigenvalue weighted by Gasteiger charge is 2.64. The van der Waals surface area contributed by atoms with Gasteiger partial charge in [0, 0.05) is 50.8 Å². The van der Waals surface area contributed by atoms with Crippen LogP contribution >= 0.6 is 0 Å². The van der Waals surface area contributed by atoms with Gasteiger partial charge >= 0.3 is 0 Å². The van der Waals surface area contributed by atoms with E-state index in [1.165, 1.54) is 25.3 Å². The molecular weight excluding hydrogens is 680 g/mol. The number of halogens is 1. The number of nitrogens with zero attached hydrogens (tertiary/aromatic N) is 3. The number of aromatic nitrogens is 2. The Kier molecular flexibility index (Phi) is 10.3. The minimum absolute atomic E-state index is 0.0126. The molecule has 0 unspecified atom stereocenters. The van der Waals surface area contributed by atoms with E-state index in [2.05, 4.69) is 28.9 Å². The summed E-state index contributed by atoms with van der Waals surface area (Å²) in [5, 5.41) is 20.3. The molecule has 1 saturated heterocycles. The van der Waals surface area contributed by atoms with Crippen LogP contribution in [0.15, 0.2) is 47.3 Å². The van der Waals surface area contributed by atoms with Gasteiger partial charge in [-0.15, -0.1) is 0 Å². The molecule has 4 aliphatic carbocycles. The van der Waals surface area contributed by atoms with Gasteiger partial charge in [-0.3, -0.25) is 19.3 Å². The predicted octanol–water partition coefficient (Wildman–Crippen LogP) is 7.70. The largest absolute Gasteiger partial charge is 0.389 e. The Morgan fingerprint density at radius 2 is 1.67 bits per heavy atom. The van der Waals surface area contributed by atoms with Crippen LogP contribution in [-0.4, -0.2) is 75.1 Å². The number of carbonyl (C=O) groups excluding carboxylic acids is 2. The van der Waals surface area contributed by atoms with E-state index in [1.54, 1.807) is 23.1 Å². The molecule has 0 spiro atoms. The number of Topliss-reactive ketones (excluding diaryl/α,β-unsaturated/α-hetero) is 1. The fourth-order valence-corrected chi connectivity index (χ4v) is 12.4. The van der Waals surface area contributed by atoms with Crippen molar-refractivity contribution in [2.75, 3.05) is 32.7 Å². The molecule has 1 amide bonds. The second kappa shape index (κ2) is 14.9. The molecule has 0 bridgehead atoms. The Morgan fingerprint density at radius 1 is 0.907 bits per heavy atom. The van der Waals surface area contributed by atoms with Gasteiger partial charge in [-0.2, -0.15) is 5.10 Å². The van der Waals surface area contributed by atoms with Gasteiger partial charge in [-0.1, -0.05) is 57.4 Å². The Bertz CT molecular complexity index is 1940. The lowest BCUT2D eigenvalue weighted by molar-refractivity contribution is -0.158. The second-order valence-corrected chi connectivity index (χ2v) is 18.3. The zero-order valence-electron chi connectivity index (χ0n) is 32.4. The van der Waals surface area contributed by atoms with Crippen LogP contribution < -0.4 is 5.56 Å². The molecule has 7 atom stereocenters. The lowest BCUT2D eigenvalue weighted by Gasteiger charge is -2.61. The first kappa shape index (κ1) is 37.5. The quantitative estimate of drug-likeness (QED) is 0.207. The number of H-pyrrole nitrogens is 1. The van der Waals surface area contributed by atoms with Gasteiger partial charge in [0.15, 0.2) is 0 Å². The van der Waals surface area contributed by atoms with Crippen LogP contribution in [0.3, 0.4) is 0 Å². The summed E-state index contributed by atoms with van der Waals surface area (Å²) in [5.41, 5.74) is 1.04. The molecule has 8 rings (SSSR count). The first-order valence-corrected chi connectivity index (χ1v) is 21.0. The molecule has 1 aliphatic heterocycles. The zero-order chi connectivity index (χ0) is 37.7. The Balaban J connectivity index is 0.777. The third-order valence-corrected chi connectivity index (χ3v) is 15.7. The van der Waals surface area contributed by atoms with E-state index in [0.29, 0.717) is 59.5 Å². The van der Waals surface area contributed by atoms with Crippen molar-refractivity contribution in [3.05, 3.63) is 75.5 Å². The number of unbranched alkanes of at least 4 members (excludes halogenated alkanes) is 3. The molecule has 2 N–H and O–H groups in total. The molecule has 0 radical (unpaired) electrons. The summed E-state index contributed by atoms with van der Waals surface area (Å²) >= 11 is 0. The number of hydrogen-bond donors (Lipinski definition) is 2. The fourth-order valence-electron chi connectivity index (χ4n) is 12.4. The Hall–Kier alpha value is -3.43. The van der Waals surface area contributed by atoms with Crippen molar-refractivity contribution in [1.29, 1.82) is 0 Å². The van der Waals surface area contributed by atoms with Crippen molar-refractivity contribution in [3.8, 4) is 0 Å². The van der Waals surface area contributed by atoms with Crippen LogP contribution in [0.1, 0.15) is 125 Å². The van der Waals surface area contributed by atoms with E-state index in [-0.39, 0.29) is 22.4 Å². The highest BCUT2D eigenvalue weighted by atomic mass is 19.1. The first-order chi connectivity index (χ1) is 26.0. The number of hydrogen-bond acceptors (Lipinski definition) is 6. The van der Waals surface area contributed by atoms with Gasteiger partial charge in [-0.25, -0.2) is 9.49 Å². The highest BCUT2D eigenvalue weighted by molar-refractivity contribution is 5.95. The maximum absolute atomic E-state index is 15.0. The van der Waals surface area contributed by atoms with Gasteiger partial charge in [-0.05, 0) is 123 Å². The molecule has 4 saturated carbocycles. The molecular formula is C45H59FN4O4. The Morgan fingerprint density at radius 3 is 2.48 bits per heavy atom. The maximum atomic E-state index is 15.0. The molecule has 2 heterocycles. The topological polar surface area (TPSA) is 107 Å². The molecule has 1 aromatic heterocycles. The van der Waals surface area contributed by atoms with Gasteiger partial charge in [0.25, 0.3) is 11.5 Å². The summed E-state index contributed by atoms with van der Waals surface area (Å²) in [6, 6.07) is 11.9. The number of aliphatic hydroxyl groups is 1. The predicted molar refractivity (Wildman–Crippen MR) is 209 cm³/mol. The number of aromatic amines is 1. The van der Waals surface area contributed by atoms with Crippen LogP contribution in [0.5, 0.6) is 0 Å². The number of amides is 1. The fraction of sp³-hybridized carbons (Fsp3) is 0.644. The SMILES string of the molecule is C[C@@]12CCC(=O)C[C@H]1CC[C@H]1[C@H]2CC[C@]2(C)[C@@H]1CC[C@]2(O)CCCCCCN1CCN(C(=O)c2cc(Cc3n[nH]c(=O)c4ccccc34)ccc2F)CC1. The van der Waals surface area contributed by atoms with Crippen molar-refractivity contribution in [3.63, 3.8) is 0 Å². The second-order valence-electron chi connectivity index (χ2n) is 18.3. The van der Waals surface area contributed by atoms with E-state index in [0.717, 1.165) is 107 Å². The van der Waals surface area contributed by atoms with Crippen LogP contribution in [-0.2, 0) is 11.2 Å². The number of piperazine rings is 1. The Labute approximate surface area is 319 Å². The third-order valence-electron chi connectivity index (χ3n) is 15.7. The average Bonchev–Trinajstić information content (AvgIpc) is 3.45. The molecule has 54 heavy (non-hydrogen) atoms. The summed E-state index contributed by atoms with van der Waals surface area (Å²) in [7, 11) is 0. The van der Waals surface area contributed by atoms with Gasteiger partial charge in [0.2, 0.25) is 0 Å². The number of rotatable bonds is 10. The number of fused-ring (bicyclic) bond motifs is 6. The third kappa shape index (κ3) is 6.75. The number of benzene rings is 2. The smallest absolute Gasteiger partial charge is 0.272 e. The van der Waals surface area contributed by atoms with Crippen LogP contribution in [0, 0.1) is 40.3 Å². The molecule has 290 valence electrons. The molecule has 5 aliphatic rings. The molecule has 5 fully saturated rings. The van der Waals surface area contributed by atoms with Gasteiger partial charge < -0.3 is 10.0 Å². The standard InChI is InChI=1S/C45H59FN4O4/c1-43-19-15-32(51)29-31(43)12-13-35-37(43)16-20-44(2)38(35)17-21-45(44,54)18-7-3-4-8-22-49-23-25-50(26-24-49)42(53)36-27-30(11-14-39(36)46)28-40-33-9-5-6-10-34(33)41(52)48-47-40/h5-6,9-11,14,27,31,35,37-38,54H,3-4,7-8,12-13,15-26,28-29H2,1-2H3,(H,48,52)/t31-,35+,37-,38-,43-,44-,45-/m1/s1. The normalized spacial score (nSPS) is 32.7. The van der Waals surface area contributed by atoms with E-state index in [4.69, 9.17) is 0 Å². The summed E-state index contributed by atoms with van der Waals surface area (Å²) in [4.78, 5) is 42.2. The van der Waals surface area contributed by atoms with Crippen molar-refractivity contribution in [1.82, 2.24) is 20.0 Å². The molecule has 9 heteroatoms. The van der Waals surface area contributed by atoms with Gasteiger partial charge in [0.05, 0.1) is 22.2 Å². The lowest BCUT2D eigenvalue weighted by Crippen LogP contribution is -2.56. The van der Waals surface area contributed by atoms with Crippen molar-refractivity contribution in [2.24, 2.45) is 34.5 Å². The van der Waals surface area contributed by atoms with E-state index >= 15 is 0 Å². The number of carbonyl (C=O) groups is 2. The maximum Gasteiger partial charge on any atom is 0.272 e. The van der Waals surface area contributed by atoms with Crippen molar-refractivity contribution in [2.45, 2.75) is 116 Å². The number of nitrogens with one attached hydrogen (secondary N) is 1. The van der Waals surface area contributed by atoms with E-state index in [1.807, 2.05) is 18.2 Å². The minimum atomic E-state index is -0.558. The minimum Gasteiger partial charge on any atom is -0.389 e. The van der Waals surface area contributed by atoms with Crippen LogP contribution in [0.25, 0.3) is 10.8 Å². The van der Waals surface area contributed by atoms with Crippen molar-refractivity contribution < 1.29 is 19.1 Å². The monoisotopic (exact) mass is 738 g/mol.